The van der Waals surface area contributed by atoms with Gasteiger partial charge in [0, 0.05) is 11.5 Å². The van der Waals surface area contributed by atoms with Gasteiger partial charge in [0.05, 0.1) is 14.2 Å². The summed E-state index contributed by atoms with van der Waals surface area (Å²) in [5.74, 6) is 1.39. The van der Waals surface area contributed by atoms with E-state index in [-0.39, 0.29) is 5.41 Å². The van der Waals surface area contributed by atoms with Gasteiger partial charge in [0.25, 0.3) is 0 Å². The highest BCUT2D eigenvalue weighted by Crippen LogP contribution is 2.63. The number of aldehydes is 1. The number of hydrogen-bond donors (Lipinski definition) is 2. The van der Waals surface area contributed by atoms with E-state index in [0.717, 1.165) is 54.2 Å². The zero-order valence-corrected chi connectivity index (χ0v) is 16.0. The Morgan fingerprint density at radius 1 is 1.04 bits per heavy atom. The van der Waals surface area contributed by atoms with E-state index in [1.165, 1.54) is 0 Å². The van der Waals surface area contributed by atoms with Gasteiger partial charge >= 0.3 is 6.09 Å². The van der Waals surface area contributed by atoms with Gasteiger partial charge in [-0.25, -0.2) is 4.79 Å². The number of aryl methyl sites for hydroxylation is 1. The molecule has 146 valence electrons. The van der Waals surface area contributed by atoms with Crippen LogP contribution in [0.3, 0.4) is 0 Å². The van der Waals surface area contributed by atoms with Gasteiger partial charge in [-0.3, -0.25) is 0 Å². The highest BCUT2D eigenvalue weighted by molar-refractivity contribution is 5.81. The quantitative estimate of drug-likeness (QED) is 0.771. The Kier molecular flexibility index (Phi) is 4.29. The maximum absolute atomic E-state index is 12.2. The molecule has 6 nitrogen and oxygen atoms in total. The molecule has 0 aliphatic heterocycles. The second-order valence-corrected chi connectivity index (χ2v) is 7.61. The number of carbonyl (C=O) groups excluding carboxylic acids is 1. The fourth-order valence-corrected chi connectivity index (χ4v) is 4.58. The van der Waals surface area contributed by atoms with E-state index >= 15 is 0 Å². The second kappa shape index (κ2) is 6.55. The first kappa shape index (κ1) is 18.3. The summed E-state index contributed by atoms with van der Waals surface area (Å²) in [5.41, 5.74) is 2.22. The molecule has 2 aliphatic rings. The van der Waals surface area contributed by atoms with Crippen molar-refractivity contribution in [2.75, 3.05) is 14.2 Å². The lowest BCUT2D eigenvalue weighted by molar-refractivity contribution is -0.116. The first-order valence-corrected chi connectivity index (χ1v) is 9.31. The van der Waals surface area contributed by atoms with Gasteiger partial charge in [-0.05, 0) is 60.1 Å². The minimum atomic E-state index is -1.17. The summed E-state index contributed by atoms with van der Waals surface area (Å²) >= 11 is 0. The van der Waals surface area contributed by atoms with Crippen molar-refractivity contribution >= 4 is 12.4 Å². The van der Waals surface area contributed by atoms with E-state index in [0.29, 0.717) is 11.5 Å². The van der Waals surface area contributed by atoms with Crippen LogP contribution in [0.1, 0.15) is 30.4 Å². The Labute approximate surface area is 163 Å². The Hall–Kier alpha value is -3.02. The van der Waals surface area contributed by atoms with Crippen molar-refractivity contribution in [3.8, 4) is 22.6 Å². The third kappa shape index (κ3) is 2.71. The highest BCUT2D eigenvalue weighted by Gasteiger charge is 2.63. The number of benzene rings is 2. The van der Waals surface area contributed by atoms with Gasteiger partial charge < -0.3 is 24.7 Å². The van der Waals surface area contributed by atoms with Crippen LogP contribution in [0.4, 0.5) is 4.79 Å². The van der Waals surface area contributed by atoms with E-state index in [9.17, 15) is 14.7 Å². The number of ether oxygens (including phenoxy) is 2. The third-order valence-electron chi connectivity index (χ3n) is 6.26. The summed E-state index contributed by atoms with van der Waals surface area (Å²) in [6.07, 6.45) is 2.96. The number of carbonyl (C=O) groups is 2. The molecule has 0 aromatic heterocycles. The molecule has 0 unspecified atom stereocenters. The smallest absolute Gasteiger partial charge is 0.405 e. The topological polar surface area (TPSA) is 84.9 Å². The van der Waals surface area contributed by atoms with E-state index in [1.54, 1.807) is 14.2 Å². The fourth-order valence-electron chi connectivity index (χ4n) is 4.58. The lowest BCUT2D eigenvalue weighted by Gasteiger charge is -2.42. The van der Waals surface area contributed by atoms with Crippen molar-refractivity contribution in [3.05, 3.63) is 47.5 Å². The number of hydrogen-bond acceptors (Lipinski definition) is 4. The normalized spacial score (nSPS) is 21.5. The maximum atomic E-state index is 12.2. The third-order valence-corrected chi connectivity index (χ3v) is 6.26. The summed E-state index contributed by atoms with van der Waals surface area (Å²) in [6, 6.07) is 11.5. The molecule has 0 bridgehead atoms. The van der Waals surface area contributed by atoms with Crippen molar-refractivity contribution in [2.45, 2.75) is 31.2 Å². The minimum absolute atomic E-state index is 0.291. The largest absolute Gasteiger partial charge is 0.497 e. The number of carboxylic acid groups (broad SMARTS) is 1. The summed E-state index contributed by atoms with van der Waals surface area (Å²) < 4.78 is 10.7. The van der Waals surface area contributed by atoms with Gasteiger partial charge in [0.1, 0.15) is 17.0 Å². The summed E-state index contributed by atoms with van der Waals surface area (Å²) in [4.78, 5) is 23.7. The predicted octanol–water partition coefficient (Wildman–Crippen LogP) is 3.76. The molecular formula is C22H23NO5. The molecule has 2 aromatic carbocycles. The van der Waals surface area contributed by atoms with Gasteiger partial charge in [0.2, 0.25) is 0 Å². The van der Waals surface area contributed by atoms with E-state index in [1.807, 2.05) is 36.4 Å². The molecule has 1 fully saturated rings. The van der Waals surface area contributed by atoms with Gasteiger partial charge in [-0.1, -0.05) is 18.2 Å². The predicted molar refractivity (Wildman–Crippen MR) is 104 cm³/mol. The van der Waals surface area contributed by atoms with Crippen LogP contribution in [-0.4, -0.2) is 31.7 Å². The average molecular weight is 381 g/mol. The van der Waals surface area contributed by atoms with Gasteiger partial charge in [-0.15, -0.1) is 0 Å². The molecule has 0 heterocycles. The average Bonchev–Trinajstić information content (AvgIpc) is 3.50. The standard InChI is InChI=1S/C22H23NO5/c1-27-17-10-16(11-18(12-17)28-2)14-3-4-19-15(9-14)5-6-21(7-8-21)22(19,13-24)23-20(25)26/h3-4,9-13,23H,5-8H2,1-2H3,(H,25,26)/t22-/m1/s1. The number of nitrogens with one attached hydrogen (secondary N) is 1. The molecule has 4 rings (SSSR count). The van der Waals surface area contributed by atoms with Crippen LogP contribution in [-0.2, 0) is 16.8 Å². The number of amides is 1. The molecule has 28 heavy (non-hydrogen) atoms. The molecule has 2 aliphatic carbocycles. The first-order valence-electron chi connectivity index (χ1n) is 9.31. The van der Waals surface area contributed by atoms with Crippen molar-refractivity contribution in [1.82, 2.24) is 5.32 Å². The molecule has 2 N–H and O–H groups in total. The minimum Gasteiger partial charge on any atom is -0.497 e. The molecule has 0 saturated heterocycles. The zero-order chi connectivity index (χ0) is 19.9. The van der Waals surface area contributed by atoms with Gasteiger partial charge in [0.15, 0.2) is 6.29 Å². The van der Waals surface area contributed by atoms with E-state index in [2.05, 4.69) is 5.32 Å². The monoisotopic (exact) mass is 381 g/mol. The van der Waals surface area contributed by atoms with Crippen LogP contribution in [0.25, 0.3) is 11.1 Å². The molecule has 1 amide bonds. The molecule has 0 radical (unpaired) electrons. The first-order chi connectivity index (χ1) is 13.5. The van der Waals surface area contributed by atoms with E-state index < -0.39 is 11.6 Å². The lowest BCUT2D eigenvalue weighted by Crippen LogP contribution is -2.55. The van der Waals surface area contributed by atoms with Crippen molar-refractivity contribution in [2.24, 2.45) is 5.41 Å². The van der Waals surface area contributed by atoms with Crippen LogP contribution >= 0.6 is 0 Å². The summed E-state index contributed by atoms with van der Waals surface area (Å²) in [7, 11) is 3.22. The van der Waals surface area contributed by atoms with Crippen LogP contribution in [0.2, 0.25) is 0 Å². The van der Waals surface area contributed by atoms with Crippen LogP contribution in [0.15, 0.2) is 36.4 Å². The van der Waals surface area contributed by atoms with Gasteiger partial charge in [-0.2, -0.15) is 0 Å². The SMILES string of the molecule is COc1cc(OC)cc(-c2ccc3c(c2)CCC2(CC2)[C@]3(C=O)NC(=O)O)c1. The Bertz CT molecular complexity index is 928. The van der Waals surface area contributed by atoms with Crippen molar-refractivity contribution in [1.29, 1.82) is 0 Å². The van der Waals surface area contributed by atoms with Crippen LogP contribution in [0, 0.1) is 5.41 Å². The van der Waals surface area contributed by atoms with E-state index in [4.69, 9.17) is 9.47 Å². The molecule has 1 spiro atoms. The lowest BCUT2D eigenvalue weighted by atomic mass is 9.67. The second-order valence-electron chi connectivity index (χ2n) is 7.61. The fraction of sp³-hybridized carbons (Fsp3) is 0.364. The molecule has 1 atom stereocenters. The number of fused-ring (bicyclic) bond motifs is 1. The Morgan fingerprint density at radius 3 is 2.25 bits per heavy atom. The van der Waals surface area contributed by atoms with Crippen LogP contribution in [0.5, 0.6) is 11.5 Å². The summed E-state index contributed by atoms with van der Waals surface area (Å²) in [5, 5.41) is 12.0. The molecule has 6 heteroatoms. The maximum Gasteiger partial charge on any atom is 0.405 e. The molecule has 1 saturated carbocycles. The zero-order valence-electron chi connectivity index (χ0n) is 16.0. The highest BCUT2D eigenvalue weighted by atomic mass is 16.5. The number of methoxy groups -OCH3 is 2. The summed E-state index contributed by atoms with van der Waals surface area (Å²) in [6.45, 7) is 0. The van der Waals surface area contributed by atoms with Crippen molar-refractivity contribution < 1.29 is 24.2 Å². The Morgan fingerprint density at radius 2 is 1.71 bits per heavy atom. The number of rotatable bonds is 5. The Balaban J connectivity index is 1.82. The molecule has 2 aromatic rings. The molecular weight excluding hydrogens is 358 g/mol. The van der Waals surface area contributed by atoms with Crippen LogP contribution < -0.4 is 14.8 Å². The van der Waals surface area contributed by atoms with Crippen molar-refractivity contribution in [3.63, 3.8) is 0 Å².